The van der Waals surface area contributed by atoms with Gasteiger partial charge in [0.25, 0.3) is 0 Å². The second-order valence-corrected chi connectivity index (χ2v) is 2.89. The van der Waals surface area contributed by atoms with Gasteiger partial charge in [0.2, 0.25) is 0 Å². The Kier molecular flexibility index (Phi) is 4.91. The predicted octanol–water partition coefficient (Wildman–Crippen LogP) is 2.62. The highest BCUT2D eigenvalue weighted by atomic mass is 79.9. The SMILES string of the molecule is Br.C=CCN1CSC=C1C. The van der Waals surface area contributed by atoms with Gasteiger partial charge in [0, 0.05) is 12.2 Å². The zero-order valence-corrected chi connectivity index (χ0v) is 8.57. The number of hydrogen-bond donors (Lipinski definition) is 0. The summed E-state index contributed by atoms with van der Waals surface area (Å²) in [4.78, 5) is 2.29. The first kappa shape index (κ1) is 10.1. The Morgan fingerprint density at radius 3 is 3.00 bits per heavy atom. The first-order valence-corrected chi connectivity index (χ1v) is 4.03. The van der Waals surface area contributed by atoms with Gasteiger partial charge in [0.1, 0.15) is 0 Å². The van der Waals surface area contributed by atoms with Gasteiger partial charge in [-0.05, 0) is 12.3 Å². The second-order valence-electron chi connectivity index (χ2n) is 2.07. The van der Waals surface area contributed by atoms with Gasteiger partial charge in [-0.25, -0.2) is 0 Å². The molecule has 1 heterocycles. The van der Waals surface area contributed by atoms with Crippen LogP contribution in [0.3, 0.4) is 0 Å². The molecule has 1 rings (SSSR count). The van der Waals surface area contributed by atoms with Crippen molar-refractivity contribution in [1.82, 2.24) is 4.90 Å². The van der Waals surface area contributed by atoms with Gasteiger partial charge in [0.15, 0.2) is 0 Å². The largest absolute Gasteiger partial charge is 0.361 e. The molecule has 0 aliphatic carbocycles. The van der Waals surface area contributed by atoms with Crippen molar-refractivity contribution >= 4 is 28.7 Å². The topological polar surface area (TPSA) is 3.24 Å². The van der Waals surface area contributed by atoms with E-state index in [0.717, 1.165) is 12.4 Å². The second kappa shape index (κ2) is 4.85. The van der Waals surface area contributed by atoms with Crippen molar-refractivity contribution in [3.63, 3.8) is 0 Å². The van der Waals surface area contributed by atoms with E-state index in [0.29, 0.717) is 0 Å². The van der Waals surface area contributed by atoms with Crippen LogP contribution in [0.5, 0.6) is 0 Å². The van der Waals surface area contributed by atoms with E-state index in [1.54, 1.807) is 0 Å². The molecule has 0 atom stereocenters. The maximum atomic E-state index is 3.68. The van der Waals surface area contributed by atoms with E-state index in [4.69, 9.17) is 0 Å². The minimum Gasteiger partial charge on any atom is -0.361 e. The first-order valence-electron chi connectivity index (χ1n) is 2.99. The Bertz CT molecular complexity index is 145. The average molecular weight is 222 g/mol. The van der Waals surface area contributed by atoms with Crippen molar-refractivity contribution in [2.45, 2.75) is 6.92 Å². The Morgan fingerprint density at radius 1 is 1.90 bits per heavy atom. The van der Waals surface area contributed by atoms with Crippen molar-refractivity contribution in [2.24, 2.45) is 0 Å². The fraction of sp³-hybridized carbons (Fsp3) is 0.429. The minimum absolute atomic E-state index is 0. The molecule has 58 valence electrons. The third kappa shape index (κ3) is 2.39. The molecule has 0 amide bonds. The van der Waals surface area contributed by atoms with Crippen LogP contribution in [0.15, 0.2) is 23.8 Å². The van der Waals surface area contributed by atoms with Crippen LogP contribution in [0.4, 0.5) is 0 Å². The number of halogens is 1. The van der Waals surface area contributed by atoms with Crippen LogP contribution in [-0.2, 0) is 0 Å². The molecule has 0 spiro atoms. The standard InChI is InChI=1S/C7H11NS.BrH/c1-3-4-8-6-9-5-7(8)2;/h3,5H,1,4,6H2,2H3;1H. The fourth-order valence-electron chi connectivity index (χ4n) is 0.777. The highest BCUT2D eigenvalue weighted by Gasteiger charge is 2.07. The normalized spacial score (nSPS) is 16.1. The highest BCUT2D eigenvalue weighted by molar-refractivity contribution is 8.93. The van der Waals surface area contributed by atoms with Crippen LogP contribution in [0.2, 0.25) is 0 Å². The lowest BCUT2D eigenvalue weighted by atomic mass is 10.4. The van der Waals surface area contributed by atoms with Gasteiger partial charge in [-0.2, -0.15) is 0 Å². The zero-order valence-electron chi connectivity index (χ0n) is 6.04. The zero-order chi connectivity index (χ0) is 6.69. The molecule has 0 N–H and O–H groups in total. The molecular formula is C7H12BrNS. The molecular weight excluding hydrogens is 210 g/mol. The highest BCUT2D eigenvalue weighted by Crippen LogP contribution is 2.21. The Morgan fingerprint density at radius 2 is 2.60 bits per heavy atom. The third-order valence-corrected chi connectivity index (χ3v) is 2.30. The maximum Gasteiger partial charge on any atom is 0.0681 e. The van der Waals surface area contributed by atoms with Gasteiger partial charge in [-0.3, -0.25) is 0 Å². The molecule has 3 heteroatoms. The summed E-state index contributed by atoms with van der Waals surface area (Å²) in [7, 11) is 0. The number of allylic oxidation sites excluding steroid dienone is 1. The van der Waals surface area contributed by atoms with Crippen LogP contribution >= 0.6 is 28.7 Å². The van der Waals surface area contributed by atoms with Crippen molar-refractivity contribution in [3.8, 4) is 0 Å². The van der Waals surface area contributed by atoms with E-state index in [1.165, 1.54) is 5.70 Å². The van der Waals surface area contributed by atoms with Crippen LogP contribution in [0.1, 0.15) is 6.92 Å². The van der Waals surface area contributed by atoms with Crippen LogP contribution in [0.25, 0.3) is 0 Å². The molecule has 0 unspecified atom stereocenters. The molecule has 10 heavy (non-hydrogen) atoms. The summed E-state index contributed by atoms with van der Waals surface area (Å²) in [5, 5.41) is 2.18. The summed E-state index contributed by atoms with van der Waals surface area (Å²) >= 11 is 1.85. The Labute approximate surface area is 76.9 Å². The van der Waals surface area contributed by atoms with E-state index in [-0.39, 0.29) is 17.0 Å². The van der Waals surface area contributed by atoms with E-state index in [9.17, 15) is 0 Å². The quantitative estimate of drug-likeness (QED) is 0.661. The molecule has 0 fully saturated rings. The average Bonchev–Trinajstić information content (AvgIpc) is 2.18. The van der Waals surface area contributed by atoms with Crippen LogP contribution in [-0.4, -0.2) is 17.3 Å². The molecule has 1 aliphatic rings. The smallest absolute Gasteiger partial charge is 0.0681 e. The van der Waals surface area contributed by atoms with Crippen LogP contribution < -0.4 is 0 Å². The lowest BCUT2D eigenvalue weighted by Gasteiger charge is -2.15. The van der Waals surface area contributed by atoms with Gasteiger partial charge >= 0.3 is 0 Å². The van der Waals surface area contributed by atoms with Gasteiger partial charge in [-0.1, -0.05) is 6.08 Å². The summed E-state index contributed by atoms with van der Waals surface area (Å²) < 4.78 is 0. The summed E-state index contributed by atoms with van der Waals surface area (Å²) in [6.07, 6.45) is 1.93. The van der Waals surface area contributed by atoms with E-state index < -0.39 is 0 Å². The summed E-state index contributed by atoms with van der Waals surface area (Å²) in [5.41, 5.74) is 1.36. The predicted molar refractivity (Wildman–Crippen MR) is 53.4 cm³/mol. The van der Waals surface area contributed by atoms with Crippen molar-refractivity contribution in [1.29, 1.82) is 0 Å². The number of nitrogens with zero attached hydrogens (tertiary/aromatic N) is 1. The molecule has 0 bridgehead atoms. The Balaban J connectivity index is 0.000000810. The van der Waals surface area contributed by atoms with Gasteiger partial charge in [0.05, 0.1) is 5.88 Å². The molecule has 0 aromatic rings. The molecule has 0 aromatic heterocycles. The fourth-order valence-corrected chi connectivity index (χ4v) is 1.73. The lowest BCUT2D eigenvalue weighted by Crippen LogP contribution is -2.16. The van der Waals surface area contributed by atoms with Crippen LogP contribution in [0, 0.1) is 0 Å². The molecule has 1 aliphatic heterocycles. The maximum absolute atomic E-state index is 3.68. The summed E-state index contributed by atoms with van der Waals surface area (Å²) in [6, 6.07) is 0. The summed E-state index contributed by atoms with van der Waals surface area (Å²) in [5.74, 6) is 1.10. The minimum atomic E-state index is 0. The number of rotatable bonds is 2. The van der Waals surface area contributed by atoms with Crippen molar-refractivity contribution < 1.29 is 0 Å². The number of hydrogen-bond acceptors (Lipinski definition) is 2. The van der Waals surface area contributed by atoms with E-state index in [2.05, 4.69) is 23.8 Å². The number of thioether (sulfide) groups is 1. The molecule has 0 saturated carbocycles. The van der Waals surface area contributed by atoms with Crippen molar-refractivity contribution in [3.05, 3.63) is 23.8 Å². The van der Waals surface area contributed by atoms with Gasteiger partial charge < -0.3 is 4.90 Å². The lowest BCUT2D eigenvalue weighted by molar-refractivity contribution is 0.458. The van der Waals surface area contributed by atoms with Crippen molar-refractivity contribution in [2.75, 3.05) is 12.4 Å². The van der Waals surface area contributed by atoms with E-state index >= 15 is 0 Å². The van der Waals surface area contributed by atoms with E-state index in [1.807, 2.05) is 17.8 Å². The molecule has 1 nitrogen and oxygen atoms in total. The molecule has 0 radical (unpaired) electrons. The van der Waals surface area contributed by atoms with Gasteiger partial charge in [-0.15, -0.1) is 35.3 Å². The monoisotopic (exact) mass is 221 g/mol. The molecule has 0 aromatic carbocycles. The summed E-state index contributed by atoms with van der Waals surface area (Å²) in [6.45, 7) is 6.79. The Hall–Kier alpha value is 0.110. The first-order chi connectivity index (χ1) is 4.34. The molecule has 0 saturated heterocycles. The third-order valence-electron chi connectivity index (χ3n) is 1.33.